The van der Waals surface area contributed by atoms with Gasteiger partial charge in [-0.15, -0.1) is 11.3 Å². The van der Waals surface area contributed by atoms with E-state index in [1.54, 1.807) is 11.3 Å². The molecule has 0 amide bonds. The molecule has 90 valence electrons. The van der Waals surface area contributed by atoms with Gasteiger partial charge in [-0.05, 0) is 34.1 Å². The number of nitrogens with two attached hydrogens (primary N) is 1. The second-order valence-electron chi connectivity index (χ2n) is 3.58. The first kappa shape index (κ1) is 11.4. The molecule has 18 heavy (non-hydrogen) atoms. The summed E-state index contributed by atoms with van der Waals surface area (Å²) in [4.78, 5) is 12.3. The summed E-state index contributed by atoms with van der Waals surface area (Å²) < 4.78 is 1.78. The van der Waals surface area contributed by atoms with Gasteiger partial charge >= 0.3 is 0 Å². The molecule has 0 aliphatic rings. The smallest absolute Gasteiger partial charge is 0.150 e. The lowest BCUT2D eigenvalue weighted by Gasteiger charge is -2.08. The van der Waals surface area contributed by atoms with Crippen molar-refractivity contribution in [2.75, 3.05) is 11.1 Å². The largest absolute Gasteiger partial charge is 0.383 e. The molecule has 2 aromatic heterocycles. The van der Waals surface area contributed by atoms with Gasteiger partial charge in [-0.1, -0.05) is 0 Å². The Morgan fingerprint density at radius 2 is 2.11 bits per heavy atom. The van der Waals surface area contributed by atoms with E-state index in [2.05, 4.69) is 36.2 Å². The maximum Gasteiger partial charge on any atom is 0.150 e. The highest BCUT2D eigenvalue weighted by Crippen LogP contribution is 2.29. The SMILES string of the molecule is Nc1ncnc(Nc2ccc3ncsc3c2)c1Br. The lowest BCUT2D eigenvalue weighted by atomic mass is 10.3. The molecular weight excluding hydrogens is 314 g/mol. The van der Waals surface area contributed by atoms with Gasteiger partial charge in [0.2, 0.25) is 0 Å². The third-order valence-corrected chi connectivity index (χ3v) is 3.98. The number of halogens is 1. The molecule has 0 atom stereocenters. The van der Waals surface area contributed by atoms with Gasteiger partial charge in [-0.25, -0.2) is 15.0 Å². The van der Waals surface area contributed by atoms with Gasteiger partial charge in [-0.3, -0.25) is 0 Å². The average Bonchev–Trinajstić information content (AvgIpc) is 2.82. The fourth-order valence-corrected chi connectivity index (χ4v) is 2.56. The molecule has 3 aromatic rings. The summed E-state index contributed by atoms with van der Waals surface area (Å²) in [5.74, 6) is 1.05. The molecule has 0 saturated heterocycles. The third-order valence-electron chi connectivity index (χ3n) is 2.41. The molecule has 0 unspecified atom stereocenters. The van der Waals surface area contributed by atoms with Crippen LogP contribution in [0.4, 0.5) is 17.3 Å². The van der Waals surface area contributed by atoms with Crippen molar-refractivity contribution in [3.8, 4) is 0 Å². The molecule has 0 fully saturated rings. The molecule has 0 radical (unpaired) electrons. The molecule has 0 aliphatic heterocycles. The number of benzene rings is 1. The number of aromatic nitrogens is 3. The predicted octanol–water partition coefficient (Wildman–Crippen LogP) is 3.17. The van der Waals surface area contributed by atoms with Gasteiger partial charge in [0, 0.05) is 5.69 Å². The molecule has 0 saturated carbocycles. The van der Waals surface area contributed by atoms with Crippen LogP contribution in [0.2, 0.25) is 0 Å². The molecule has 3 rings (SSSR count). The summed E-state index contributed by atoms with van der Waals surface area (Å²) in [6, 6.07) is 5.94. The van der Waals surface area contributed by atoms with E-state index >= 15 is 0 Å². The quantitative estimate of drug-likeness (QED) is 0.758. The van der Waals surface area contributed by atoms with Crippen molar-refractivity contribution in [3.05, 3.63) is 34.5 Å². The Balaban J connectivity index is 1.98. The summed E-state index contributed by atoms with van der Waals surface area (Å²) in [7, 11) is 0. The first-order valence-electron chi connectivity index (χ1n) is 5.10. The number of rotatable bonds is 2. The van der Waals surface area contributed by atoms with Gasteiger partial charge < -0.3 is 11.1 Å². The summed E-state index contributed by atoms with van der Waals surface area (Å²) in [6.07, 6.45) is 1.42. The van der Waals surface area contributed by atoms with Crippen molar-refractivity contribution >= 4 is 54.8 Å². The molecule has 0 bridgehead atoms. The summed E-state index contributed by atoms with van der Waals surface area (Å²) in [5.41, 5.74) is 9.46. The van der Waals surface area contributed by atoms with Crippen LogP contribution >= 0.6 is 27.3 Å². The van der Waals surface area contributed by atoms with Gasteiger partial charge in [0.05, 0.1) is 15.7 Å². The minimum atomic E-state index is 0.409. The number of nitrogens with one attached hydrogen (secondary N) is 1. The van der Waals surface area contributed by atoms with Crippen molar-refractivity contribution in [3.63, 3.8) is 0 Å². The van der Waals surface area contributed by atoms with Crippen LogP contribution in [-0.4, -0.2) is 15.0 Å². The van der Waals surface area contributed by atoms with Crippen LogP contribution in [-0.2, 0) is 0 Å². The Hall–Kier alpha value is -1.73. The van der Waals surface area contributed by atoms with Crippen molar-refractivity contribution in [1.82, 2.24) is 15.0 Å². The van der Waals surface area contributed by atoms with E-state index in [9.17, 15) is 0 Å². The van der Waals surface area contributed by atoms with E-state index in [-0.39, 0.29) is 0 Å². The van der Waals surface area contributed by atoms with Crippen molar-refractivity contribution in [2.24, 2.45) is 0 Å². The van der Waals surface area contributed by atoms with Gasteiger partial charge in [0.15, 0.2) is 0 Å². The number of thiazole rings is 1. The van der Waals surface area contributed by atoms with E-state index in [0.717, 1.165) is 15.9 Å². The third kappa shape index (κ3) is 2.02. The Labute approximate surface area is 115 Å². The highest BCUT2D eigenvalue weighted by Gasteiger charge is 2.06. The zero-order chi connectivity index (χ0) is 12.5. The summed E-state index contributed by atoms with van der Waals surface area (Å²) in [5, 5.41) is 3.20. The molecular formula is C11H8BrN5S. The molecule has 7 heteroatoms. The minimum Gasteiger partial charge on any atom is -0.383 e. The maximum atomic E-state index is 5.70. The zero-order valence-electron chi connectivity index (χ0n) is 9.09. The number of hydrogen-bond donors (Lipinski definition) is 2. The maximum absolute atomic E-state index is 5.70. The van der Waals surface area contributed by atoms with Crippen LogP contribution in [0, 0.1) is 0 Å². The topological polar surface area (TPSA) is 76.7 Å². The van der Waals surface area contributed by atoms with E-state index in [1.807, 2.05) is 23.7 Å². The molecule has 0 aliphatic carbocycles. The Kier molecular flexibility index (Phi) is 2.85. The van der Waals surface area contributed by atoms with E-state index < -0.39 is 0 Å². The minimum absolute atomic E-state index is 0.409. The van der Waals surface area contributed by atoms with E-state index in [1.165, 1.54) is 6.33 Å². The van der Waals surface area contributed by atoms with Crippen molar-refractivity contribution in [1.29, 1.82) is 0 Å². The Morgan fingerprint density at radius 1 is 1.22 bits per heavy atom. The number of nitrogen functional groups attached to an aromatic ring is 1. The summed E-state index contributed by atoms with van der Waals surface area (Å²) in [6.45, 7) is 0. The van der Waals surface area contributed by atoms with Crippen molar-refractivity contribution in [2.45, 2.75) is 0 Å². The number of nitrogens with zero attached hydrogens (tertiary/aromatic N) is 3. The van der Waals surface area contributed by atoms with Crippen LogP contribution in [0.3, 0.4) is 0 Å². The Morgan fingerprint density at radius 3 is 3.00 bits per heavy atom. The van der Waals surface area contributed by atoms with Gasteiger partial charge in [-0.2, -0.15) is 0 Å². The van der Waals surface area contributed by atoms with Crippen LogP contribution in [0.15, 0.2) is 34.5 Å². The fraction of sp³-hybridized carbons (Fsp3) is 0. The normalized spacial score (nSPS) is 10.7. The first-order valence-corrected chi connectivity index (χ1v) is 6.77. The van der Waals surface area contributed by atoms with E-state index in [0.29, 0.717) is 16.1 Å². The average molecular weight is 322 g/mol. The number of fused-ring (bicyclic) bond motifs is 1. The van der Waals surface area contributed by atoms with Crippen molar-refractivity contribution < 1.29 is 0 Å². The fourth-order valence-electron chi connectivity index (χ4n) is 1.54. The number of anilines is 3. The predicted molar refractivity (Wildman–Crippen MR) is 77.0 cm³/mol. The van der Waals surface area contributed by atoms with E-state index in [4.69, 9.17) is 5.73 Å². The van der Waals surface area contributed by atoms with Crippen LogP contribution < -0.4 is 11.1 Å². The highest BCUT2D eigenvalue weighted by molar-refractivity contribution is 9.10. The number of hydrogen-bond acceptors (Lipinski definition) is 6. The first-order chi connectivity index (χ1) is 8.74. The van der Waals surface area contributed by atoms with Crippen LogP contribution in [0.1, 0.15) is 0 Å². The standard InChI is InChI=1S/C11H8BrN5S/c12-9-10(13)14-4-15-11(9)17-6-1-2-7-8(3-6)18-5-16-7/h1-5H,(H3,13,14,15,17). The van der Waals surface area contributed by atoms with Gasteiger partial charge in [0.1, 0.15) is 22.4 Å². The zero-order valence-corrected chi connectivity index (χ0v) is 11.5. The monoisotopic (exact) mass is 321 g/mol. The molecule has 2 heterocycles. The molecule has 5 nitrogen and oxygen atoms in total. The van der Waals surface area contributed by atoms with Crippen LogP contribution in [0.5, 0.6) is 0 Å². The summed E-state index contributed by atoms with van der Waals surface area (Å²) >= 11 is 4.96. The molecule has 3 N–H and O–H groups in total. The van der Waals surface area contributed by atoms with Crippen LogP contribution in [0.25, 0.3) is 10.2 Å². The molecule has 1 aromatic carbocycles. The highest BCUT2D eigenvalue weighted by atomic mass is 79.9. The Bertz CT molecular complexity index is 711. The molecule has 0 spiro atoms. The second kappa shape index (κ2) is 4.51. The lowest BCUT2D eigenvalue weighted by Crippen LogP contribution is -1.99. The lowest BCUT2D eigenvalue weighted by molar-refractivity contribution is 1.16. The van der Waals surface area contributed by atoms with Gasteiger partial charge in [0.25, 0.3) is 0 Å². The second-order valence-corrected chi connectivity index (χ2v) is 5.26.